The molecule has 4 rings (SSSR count). The lowest BCUT2D eigenvalue weighted by molar-refractivity contribution is -0.137. The number of pyridine rings is 1. The van der Waals surface area contributed by atoms with Crippen molar-refractivity contribution < 1.29 is 23.8 Å². The molecule has 10 heteroatoms. The fraction of sp³-hybridized carbons (Fsp3) is 0.533. The van der Waals surface area contributed by atoms with E-state index in [4.69, 9.17) is 20.2 Å². The summed E-state index contributed by atoms with van der Waals surface area (Å²) in [5, 5.41) is 17.7. The zero-order valence-corrected chi connectivity index (χ0v) is 25.5. The number of nitrogens with zero attached hydrogens (tertiary/aromatic N) is 3. The summed E-state index contributed by atoms with van der Waals surface area (Å²) in [6.07, 6.45) is 2.95. The van der Waals surface area contributed by atoms with Crippen LogP contribution < -0.4 is 9.64 Å². The molecule has 1 aliphatic heterocycles. The lowest BCUT2D eigenvalue weighted by Gasteiger charge is -2.30. The third-order valence-corrected chi connectivity index (χ3v) is 7.25. The van der Waals surface area contributed by atoms with Gasteiger partial charge < -0.3 is 19.6 Å². The number of carbonyl (C=O) groups is 2. The van der Waals surface area contributed by atoms with Crippen molar-refractivity contribution in [3.63, 3.8) is 0 Å². The number of aromatic nitrogens is 1. The SMILES string of the molecule is Br.CN(CCCF)c1cc(C(=O)CN2Cc3ccc(C4CC4)nc3C2=N)cc(C(C)(C)C)c1OCCCC(=O)O. The molecule has 1 saturated carbocycles. The molecule has 218 valence electrons. The van der Waals surface area contributed by atoms with Gasteiger partial charge in [-0.1, -0.05) is 26.8 Å². The molecule has 0 amide bonds. The second kappa shape index (κ2) is 13.1. The summed E-state index contributed by atoms with van der Waals surface area (Å²) >= 11 is 0. The molecule has 1 aromatic heterocycles. The van der Waals surface area contributed by atoms with Crippen molar-refractivity contribution in [1.29, 1.82) is 5.41 Å². The van der Waals surface area contributed by atoms with Crippen molar-refractivity contribution >= 4 is 40.3 Å². The number of carboxylic acids is 1. The highest BCUT2D eigenvalue weighted by atomic mass is 79.9. The van der Waals surface area contributed by atoms with E-state index in [2.05, 4.69) is 0 Å². The van der Waals surface area contributed by atoms with Crippen LogP contribution in [-0.2, 0) is 16.8 Å². The Morgan fingerprint density at radius 1 is 1.23 bits per heavy atom. The lowest BCUT2D eigenvalue weighted by atomic mass is 9.84. The van der Waals surface area contributed by atoms with Crippen molar-refractivity contribution in [3.8, 4) is 5.75 Å². The van der Waals surface area contributed by atoms with Gasteiger partial charge >= 0.3 is 5.97 Å². The van der Waals surface area contributed by atoms with E-state index < -0.39 is 12.6 Å². The number of ether oxygens (including phenoxy) is 1. The van der Waals surface area contributed by atoms with Crippen molar-refractivity contribution in [2.24, 2.45) is 0 Å². The highest BCUT2D eigenvalue weighted by Crippen LogP contribution is 2.41. The number of benzene rings is 1. The fourth-order valence-corrected chi connectivity index (χ4v) is 4.86. The topological polar surface area (TPSA) is 107 Å². The van der Waals surface area contributed by atoms with Gasteiger partial charge in [0.1, 0.15) is 17.3 Å². The first-order valence-corrected chi connectivity index (χ1v) is 13.7. The third kappa shape index (κ3) is 7.38. The molecule has 8 nitrogen and oxygen atoms in total. The van der Waals surface area contributed by atoms with Crippen molar-refractivity contribution in [3.05, 3.63) is 52.3 Å². The summed E-state index contributed by atoms with van der Waals surface area (Å²) in [5.74, 6) is 0.342. The Balaban J connectivity index is 0.00000441. The number of anilines is 1. The molecule has 0 atom stereocenters. The molecular weight excluding hydrogens is 579 g/mol. The van der Waals surface area contributed by atoms with Gasteiger partial charge in [0.15, 0.2) is 5.78 Å². The number of carboxylic acid groups (broad SMARTS) is 1. The van der Waals surface area contributed by atoms with E-state index in [1.165, 1.54) is 0 Å². The predicted molar refractivity (Wildman–Crippen MR) is 159 cm³/mol. The molecular formula is C30H40BrFN4O4. The summed E-state index contributed by atoms with van der Waals surface area (Å²) in [6.45, 7) is 6.79. The van der Waals surface area contributed by atoms with Crippen LogP contribution in [0, 0.1) is 5.41 Å². The van der Waals surface area contributed by atoms with E-state index in [9.17, 15) is 14.0 Å². The van der Waals surface area contributed by atoms with Gasteiger partial charge in [-0.3, -0.25) is 19.4 Å². The zero-order chi connectivity index (χ0) is 28.3. The molecule has 0 saturated heterocycles. The van der Waals surface area contributed by atoms with Gasteiger partial charge in [-0.15, -0.1) is 17.0 Å². The van der Waals surface area contributed by atoms with Gasteiger partial charge in [-0.05, 0) is 49.3 Å². The highest BCUT2D eigenvalue weighted by Gasteiger charge is 2.32. The van der Waals surface area contributed by atoms with Gasteiger partial charge in [-0.25, -0.2) is 4.98 Å². The largest absolute Gasteiger partial charge is 0.491 e. The monoisotopic (exact) mass is 618 g/mol. The van der Waals surface area contributed by atoms with Crippen molar-refractivity contribution in [2.75, 3.05) is 38.3 Å². The Morgan fingerprint density at radius 2 is 1.95 bits per heavy atom. The fourth-order valence-electron chi connectivity index (χ4n) is 4.86. The number of hydrogen-bond acceptors (Lipinski definition) is 6. The van der Waals surface area contributed by atoms with Gasteiger partial charge in [0, 0.05) is 54.9 Å². The lowest BCUT2D eigenvalue weighted by Crippen LogP contribution is -2.31. The first-order valence-electron chi connectivity index (χ1n) is 13.7. The summed E-state index contributed by atoms with van der Waals surface area (Å²) in [7, 11) is 1.84. The molecule has 0 radical (unpaired) electrons. The maximum atomic E-state index is 13.7. The number of Topliss-reactive ketones (excluding diaryl/α,β-unsaturated/α-hetero) is 1. The second-order valence-electron chi connectivity index (χ2n) is 11.6. The molecule has 2 N–H and O–H groups in total. The number of ketones is 1. The molecule has 1 aliphatic carbocycles. The summed E-state index contributed by atoms with van der Waals surface area (Å²) < 4.78 is 19.2. The highest BCUT2D eigenvalue weighted by molar-refractivity contribution is 8.93. The van der Waals surface area contributed by atoms with E-state index in [0.717, 1.165) is 29.7 Å². The number of aliphatic carboxylic acids is 1. The minimum absolute atomic E-state index is 0. The minimum Gasteiger partial charge on any atom is -0.491 e. The Bertz CT molecular complexity index is 1260. The Morgan fingerprint density at radius 3 is 2.58 bits per heavy atom. The molecule has 2 aromatic rings. The van der Waals surface area contributed by atoms with Crippen LogP contribution in [0.15, 0.2) is 24.3 Å². The van der Waals surface area contributed by atoms with E-state index in [0.29, 0.717) is 54.5 Å². The van der Waals surface area contributed by atoms with Crippen LogP contribution in [0.3, 0.4) is 0 Å². The molecule has 0 spiro atoms. The van der Waals surface area contributed by atoms with Crippen LogP contribution in [0.25, 0.3) is 0 Å². The number of hydrogen-bond donors (Lipinski definition) is 2. The minimum atomic E-state index is -0.885. The maximum absolute atomic E-state index is 13.7. The van der Waals surface area contributed by atoms with E-state index in [-0.39, 0.29) is 53.6 Å². The normalized spacial score (nSPS) is 14.5. The van der Waals surface area contributed by atoms with Gasteiger partial charge in [0.25, 0.3) is 0 Å². The Hall–Kier alpha value is -3.01. The number of amidine groups is 1. The summed E-state index contributed by atoms with van der Waals surface area (Å²) in [4.78, 5) is 33.0. The maximum Gasteiger partial charge on any atom is 0.303 e. The van der Waals surface area contributed by atoms with Crippen LogP contribution in [0.1, 0.15) is 91.7 Å². The Kier molecular flexibility index (Phi) is 10.3. The molecule has 2 heterocycles. The van der Waals surface area contributed by atoms with Gasteiger partial charge in [0.05, 0.1) is 25.5 Å². The Labute approximate surface area is 246 Å². The number of carbonyl (C=O) groups excluding carboxylic acids is 1. The summed E-state index contributed by atoms with van der Waals surface area (Å²) in [5.41, 5.74) is 4.26. The molecule has 0 unspecified atom stereocenters. The van der Waals surface area contributed by atoms with Gasteiger partial charge in [-0.2, -0.15) is 0 Å². The zero-order valence-electron chi connectivity index (χ0n) is 23.8. The van der Waals surface area contributed by atoms with Crippen LogP contribution in [-0.4, -0.2) is 66.0 Å². The average Bonchev–Trinajstić information content (AvgIpc) is 3.69. The quantitative estimate of drug-likeness (QED) is 0.213. The number of fused-ring (bicyclic) bond motifs is 1. The van der Waals surface area contributed by atoms with E-state index in [1.807, 2.05) is 50.9 Å². The molecule has 40 heavy (non-hydrogen) atoms. The van der Waals surface area contributed by atoms with Crippen molar-refractivity contribution in [1.82, 2.24) is 9.88 Å². The first kappa shape index (κ1) is 31.5. The second-order valence-corrected chi connectivity index (χ2v) is 11.6. The van der Waals surface area contributed by atoms with E-state index in [1.54, 1.807) is 11.0 Å². The average molecular weight is 620 g/mol. The predicted octanol–water partition coefficient (Wildman–Crippen LogP) is 5.90. The third-order valence-electron chi connectivity index (χ3n) is 7.25. The number of rotatable bonds is 13. The van der Waals surface area contributed by atoms with Crippen LogP contribution in [0.4, 0.5) is 10.1 Å². The number of halogens is 2. The van der Waals surface area contributed by atoms with Crippen LogP contribution in [0.2, 0.25) is 0 Å². The standard InChI is InChI=1S/C30H39FN4O4.BrH/c1-30(2,3)22-15-21(16-24(34(4)13-6-12-31)28(22)39-14-5-7-26(37)38)25(36)18-35-17-20-10-11-23(19-8-9-19)33-27(20)29(35)32;/h10-11,15-16,19,32H,5-9,12-14,17-18H2,1-4H3,(H,37,38);1H. The first-order chi connectivity index (χ1) is 18.5. The van der Waals surface area contributed by atoms with Crippen molar-refractivity contribution in [2.45, 2.75) is 70.8 Å². The molecule has 2 aliphatic rings. The molecule has 0 bridgehead atoms. The smallest absolute Gasteiger partial charge is 0.303 e. The molecule has 1 fully saturated rings. The van der Waals surface area contributed by atoms with Crippen LogP contribution in [0.5, 0.6) is 5.75 Å². The summed E-state index contributed by atoms with van der Waals surface area (Å²) in [6, 6.07) is 7.69. The van der Waals surface area contributed by atoms with Gasteiger partial charge in [0.2, 0.25) is 0 Å². The number of alkyl halides is 1. The number of nitrogens with one attached hydrogen (secondary N) is 1. The van der Waals surface area contributed by atoms with Crippen LogP contribution >= 0.6 is 17.0 Å². The van der Waals surface area contributed by atoms with E-state index >= 15 is 0 Å². The molecule has 1 aromatic carbocycles.